The summed E-state index contributed by atoms with van der Waals surface area (Å²) in [5, 5.41) is 0.807. The Morgan fingerprint density at radius 2 is 1.77 bits per heavy atom. The highest BCUT2D eigenvalue weighted by atomic mass is 16.2. The molecule has 1 N–H and O–H groups in total. The number of amides is 1. The molecule has 1 saturated carbocycles. The van der Waals surface area contributed by atoms with Gasteiger partial charge in [0.15, 0.2) is 0 Å². The number of aryl methyl sites for hydroxylation is 1. The van der Waals surface area contributed by atoms with Crippen LogP contribution in [0.2, 0.25) is 0 Å². The normalized spacial score (nSPS) is 14.7. The second-order valence-electron chi connectivity index (χ2n) is 8.44. The topological polar surface area (TPSA) is 53.2 Å². The average Bonchev–Trinajstić information content (AvgIpc) is 3.22. The molecule has 30 heavy (non-hydrogen) atoms. The third-order valence-electron chi connectivity index (χ3n) is 6.29. The summed E-state index contributed by atoms with van der Waals surface area (Å²) in [6, 6.07) is 16.0. The molecule has 1 aromatic heterocycles. The number of hydrogen-bond donors (Lipinski definition) is 1. The summed E-state index contributed by atoms with van der Waals surface area (Å²) >= 11 is 0. The van der Waals surface area contributed by atoms with Crippen LogP contribution in [0.3, 0.4) is 0 Å². The number of H-pyrrole nitrogens is 1. The molecule has 1 fully saturated rings. The van der Waals surface area contributed by atoms with Gasteiger partial charge in [0.1, 0.15) is 0 Å². The van der Waals surface area contributed by atoms with Gasteiger partial charge in [-0.2, -0.15) is 0 Å². The molecule has 0 atom stereocenters. The fourth-order valence-electron chi connectivity index (χ4n) is 4.59. The zero-order valence-corrected chi connectivity index (χ0v) is 17.7. The second-order valence-corrected chi connectivity index (χ2v) is 8.44. The third kappa shape index (κ3) is 4.48. The van der Waals surface area contributed by atoms with Crippen molar-refractivity contribution in [3.05, 3.63) is 71.4 Å². The van der Waals surface area contributed by atoms with E-state index in [0.717, 1.165) is 35.7 Å². The number of nitrogens with one attached hydrogen (secondary N) is 1. The van der Waals surface area contributed by atoms with Crippen molar-refractivity contribution in [3.63, 3.8) is 0 Å². The predicted molar refractivity (Wildman–Crippen MR) is 120 cm³/mol. The maximum absolute atomic E-state index is 13.4. The first kappa shape index (κ1) is 20.4. The number of fused-ring (bicyclic) bond motifs is 1. The molecule has 3 aromatic rings. The summed E-state index contributed by atoms with van der Waals surface area (Å²) in [5.74, 6) is -0.338. The van der Waals surface area contributed by atoms with E-state index in [1.807, 2.05) is 30.3 Å². The molecule has 0 saturated heterocycles. The van der Waals surface area contributed by atoms with Gasteiger partial charge in [0.25, 0.3) is 11.7 Å². The minimum absolute atomic E-state index is 0.396. The van der Waals surface area contributed by atoms with Crippen LogP contribution in [-0.2, 0) is 17.8 Å². The number of aromatic nitrogens is 1. The highest BCUT2D eigenvalue weighted by Gasteiger charge is 2.28. The number of Topliss-reactive ketones (excluding diaryl/α,β-unsaturated/α-hetero) is 1. The lowest BCUT2D eigenvalue weighted by Gasteiger charge is -2.29. The molecule has 1 aliphatic carbocycles. The number of rotatable bonds is 7. The van der Waals surface area contributed by atoms with Crippen LogP contribution in [0.1, 0.15) is 60.5 Å². The maximum Gasteiger partial charge on any atom is 0.295 e. The molecule has 0 unspecified atom stereocenters. The molecule has 1 aliphatic rings. The fourth-order valence-corrected chi connectivity index (χ4v) is 4.59. The Hall–Kier alpha value is -2.88. The Morgan fingerprint density at radius 1 is 1.00 bits per heavy atom. The number of carbonyl (C=O) groups is 2. The molecular formula is C26H30N2O2. The van der Waals surface area contributed by atoms with Gasteiger partial charge in [-0.15, -0.1) is 0 Å². The van der Waals surface area contributed by atoms with Gasteiger partial charge in [-0.25, -0.2) is 0 Å². The van der Waals surface area contributed by atoms with Crippen LogP contribution < -0.4 is 0 Å². The first-order valence-corrected chi connectivity index (χ1v) is 11.1. The minimum atomic E-state index is -0.421. The van der Waals surface area contributed by atoms with Gasteiger partial charge in [0, 0.05) is 30.2 Å². The Balaban J connectivity index is 1.59. The molecular weight excluding hydrogens is 372 g/mol. The van der Waals surface area contributed by atoms with Gasteiger partial charge in [-0.05, 0) is 42.4 Å². The summed E-state index contributed by atoms with van der Waals surface area (Å²) < 4.78 is 0. The molecule has 4 nitrogen and oxygen atoms in total. The van der Waals surface area contributed by atoms with Gasteiger partial charge < -0.3 is 9.88 Å². The highest BCUT2D eigenvalue weighted by molar-refractivity contribution is 6.44. The van der Waals surface area contributed by atoms with E-state index in [-0.39, 0.29) is 0 Å². The predicted octanol–water partition coefficient (Wildman–Crippen LogP) is 5.52. The molecule has 156 valence electrons. The average molecular weight is 403 g/mol. The summed E-state index contributed by atoms with van der Waals surface area (Å²) in [7, 11) is 0. The monoisotopic (exact) mass is 402 g/mol. The van der Waals surface area contributed by atoms with Crippen LogP contribution in [0.25, 0.3) is 10.9 Å². The minimum Gasteiger partial charge on any atom is -0.360 e. The molecule has 0 spiro atoms. The Labute approximate surface area is 178 Å². The summed E-state index contributed by atoms with van der Waals surface area (Å²) in [6.07, 6.45) is 8.61. The van der Waals surface area contributed by atoms with E-state index in [1.165, 1.54) is 24.8 Å². The van der Waals surface area contributed by atoms with Crippen molar-refractivity contribution in [2.45, 2.75) is 52.0 Å². The quantitative estimate of drug-likeness (QED) is 0.418. The number of ketones is 1. The lowest BCUT2D eigenvalue weighted by Crippen LogP contribution is -2.39. The van der Waals surface area contributed by atoms with Gasteiger partial charge >= 0.3 is 0 Å². The van der Waals surface area contributed by atoms with Crippen LogP contribution in [0.5, 0.6) is 0 Å². The smallest absolute Gasteiger partial charge is 0.295 e. The molecule has 0 radical (unpaired) electrons. The van der Waals surface area contributed by atoms with E-state index < -0.39 is 11.7 Å². The number of hydrogen-bond acceptors (Lipinski definition) is 2. The van der Waals surface area contributed by atoms with E-state index in [4.69, 9.17) is 0 Å². The first-order valence-electron chi connectivity index (χ1n) is 11.1. The molecule has 4 heteroatoms. The van der Waals surface area contributed by atoms with E-state index in [1.54, 1.807) is 11.1 Å². The molecule has 4 rings (SSSR count). The fraction of sp³-hybridized carbons (Fsp3) is 0.385. The lowest BCUT2D eigenvalue weighted by atomic mass is 9.88. The van der Waals surface area contributed by atoms with Crippen LogP contribution in [0.4, 0.5) is 0 Å². The number of benzene rings is 2. The van der Waals surface area contributed by atoms with Crippen LogP contribution in [0.15, 0.2) is 54.7 Å². The van der Waals surface area contributed by atoms with Gasteiger partial charge in [0.05, 0.1) is 5.56 Å². The van der Waals surface area contributed by atoms with Crippen molar-refractivity contribution >= 4 is 22.6 Å². The lowest BCUT2D eigenvalue weighted by molar-refractivity contribution is -0.127. The van der Waals surface area contributed by atoms with E-state index >= 15 is 0 Å². The standard InChI is InChI=1S/C26H30N2O2/c1-2-19-11-8-12-21(15-19)18-28(17-20-9-4-3-5-10-20)26(30)25(29)23-16-27-24-14-7-6-13-22(23)24/h6-8,11-16,20,27H,2-5,9-10,17-18H2,1H3. The van der Waals surface area contributed by atoms with E-state index in [0.29, 0.717) is 24.6 Å². The molecule has 1 heterocycles. The van der Waals surface area contributed by atoms with Crippen molar-refractivity contribution in [1.29, 1.82) is 0 Å². The van der Waals surface area contributed by atoms with Crippen molar-refractivity contribution < 1.29 is 9.59 Å². The van der Waals surface area contributed by atoms with Crippen molar-refractivity contribution in [2.75, 3.05) is 6.54 Å². The Bertz CT molecular complexity index is 1030. The number of aromatic amines is 1. The summed E-state index contributed by atoms with van der Waals surface area (Å²) in [6.45, 7) is 3.27. The van der Waals surface area contributed by atoms with Gasteiger partial charge in [-0.3, -0.25) is 9.59 Å². The Kier molecular flexibility index (Phi) is 6.32. The van der Waals surface area contributed by atoms with Gasteiger partial charge in [-0.1, -0.05) is 68.7 Å². The maximum atomic E-state index is 13.4. The Morgan fingerprint density at radius 3 is 2.57 bits per heavy atom. The molecule has 0 aliphatic heterocycles. The second kappa shape index (κ2) is 9.29. The number of nitrogens with zero attached hydrogens (tertiary/aromatic N) is 1. The number of carbonyl (C=O) groups excluding carboxylic acids is 2. The van der Waals surface area contributed by atoms with E-state index in [9.17, 15) is 9.59 Å². The van der Waals surface area contributed by atoms with E-state index in [2.05, 4.69) is 30.1 Å². The third-order valence-corrected chi connectivity index (χ3v) is 6.29. The number of para-hydroxylation sites is 1. The summed E-state index contributed by atoms with van der Waals surface area (Å²) in [5.41, 5.74) is 3.68. The van der Waals surface area contributed by atoms with Crippen molar-refractivity contribution in [1.82, 2.24) is 9.88 Å². The summed E-state index contributed by atoms with van der Waals surface area (Å²) in [4.78, 5) is 31.5. The van der Waals surface area contributed by atoms with Gasteiger partial charge in [0.2, 0.25) is 0 Å². The van der Waals surface area contributed by atoms with Crippen LogP contribution in [-0.4, -0.2) is 28.1 Å². The molecule has 2 aromatic carbocycles. The zero-order valence-electron chi connectivity index (χ0n) is 17.7. The van der Waals surface area contributed by atoms with Crippen molar-refractivity contribution in [3.8, 4) is 0 Å². The zero-order chi connectivity index (χ0) is 20.9. The SMILES string of the molecule is CCc1cccc(CN(CC2CCCCC2)C(=O)C(=O)c2c[nH]c3ccccc23)c1. The highest BCUT2D eigenvalue weighted by Crippen LogP contribution is 2.26. The van der Waals surface area contributed by atoms with Crippen LogP contribution in [0, 0.1) is 5.92 Å². The molecule has 0 bridgehead atoms. The largest absolute Gasteiger partial charge is 0.360 e. The first-order chi connectivity index (χ1) is 14.7. The van der Waals surface area contributed by atoms with Crippen LogP contribution >= 0.6 is 0 Å². The molecule has 1 amide bonds. The van der Waals surface area contributed by atoms with Crippen molar-refractivity contribution in [2.24, 2.45) is 5.92 Å².